The van der Waals surface area contributed by atoms with E-state index < -0.39 is 22.2 Å². The van der Waals surface area contributed by atoms with E-state index in [9.17, 15) is 18.3 Å². The molecule has 0 unspecified atom stereocenters. The lowest BCUT2D eigenvalue weighted by Gasteiger charge is -2.37. The van der Waals surface area contributed by atoms with Crippen molar-refractivity contribution in [3.63, 3.8) is 0 Å². The number of carbonyl (C=O) groups is 1. The van der Waals surface area contributed by atoms with Crippen molar-refractivity contribution < 1.29 is 23.1 Å². The quantitative estimate of drug-likeness (QED) is 0.556. The van der Waals surface area contributed by atoms with Gasteiger partial charge in [-0.1, -0.05) is 32.6 Å². The molecule has 0 saturated heterocycles. The molecule has 200 valence electrons. The minimum atomic E-state index is -3.93. The molecule has 1 aromatic heterocycles. The molecule has 0 saturated carbocycles. The standard InChI is InChI=1S/C28H37N3O5S/c1-20(2)7-6-8-23-9-10-27-25(15-23)36-26(21(3)17-31(22(4)19-32)37(27,34)35)18-30(5)28(33)16-24-11-13-29-14-12-24/h9-15,20-22,26,32H,7,16-19H2,1-5H3/t21-,22-,26+/m1/s1. The molecular formula is C28H37N3O5S. The smallest absolute Gasteiger partial charge is 0.247 e. The number of benzene rings is 1. The molecule has 0 fully saturated rings. The number of pyridine rings is 1. The molecule has 1 aromatic carbocycles. The Kier molecular flexibility index (Phi) is 9.71. The molecule has 1 aliphatic heterocycles. The minimum Gasteiger partial charge on any atom is -0.487 e. The second-order valence-corrected chi connectivity index (χ2v) is 12.0. The normalized spacial score (nSPS) is 20.0. The Hall–Kier alpha value is -2.93. The molecule has 2 heterocycles. The van der Waals surface area contributed by atoms with Gasteiger partial charge >= 0.3 is 0 Å². The summed E-state index contributed by atoms with van der Waals surface area (Å²) in [6, 6.07) is 7.85. The van der Waals surface area contributed by atoms with Gasteiger partial charge < -0.3 is 14.7 Å². The predicted octanol–water partition coefficient (Wildman–Crippen LogP) is 2.95. The van der Waals surface area contributed by atoms with Gasteiger partial charge in [0.1, 0.15) is 16.7 Å². The molecule has 3 atom stereocenters. The lowest BCUT2D eigenvalue weighted by Crippen LogP contribution is -2.50. The molecule has 3 rings (SSSR count). The highest BCUT2D eigenvalue weighted by Crippen LogP contribution is 2.34. The number of aliphatic hydroxyl groups is 1. The lowest BCUT2D eigenvalue weighted by atomic mass is 10.0. The third-order valence-electron chi connectivity index (χ3n) is 6.39. The fourth-order valence-corrected chi connectivity index (χ4v) is 5.89. The van der Waals surface area contributed by atoms with Gasteiger partial charge in [0.2, 0.25) is 15.9 Å². The van der Waals surface area contributed by atoms with Gasteiger partial charge in [-0.25, -0.2) is 8.42 Å². The van der Waals surface area contributed by atoms with E-state index in [-0.39, 0.29) is 48.6 Å². The first-order valence-corrected chi connectivity index (χ1v) is 14.0. The fraction of sp³-hybridized carbons (Fsp3) is 0.500. The number of carbonyl (C=O) groups excluding carboxylic acids is 1. The molecule has 1 N–H and O–H groups in total. The molecule has 0 radical (unpaired) electrons. The first kappa shape index (κ1) is 28.6. The number of likely N-dealkylation sites (N-methyl/N-ethyl adjacent to an activating group) is 1. The van der Waals surface area contributed by atoms with E-state index in [4.69, 9.17) is 4.74 Å². The highest BCUT2D eigenvalue weighted by molar-refractivity contribution is 7.89. The first-order chi connectivity index (χ1) is 17.5. The Labute approximate surface area is 220 Å². The van der Waals surface area contributed by atoms with Crippen LogP contribution in [0.25, 0.3) is 0 Å². The van der Waals surface area contributed by atoms with E-state index in [1.165, 1.54) is 10.4 Å². The average Bonchev–Trinajstić information content (AvgIpc) is 2.86. The van der Waals surface area contributed by atoms with Crippen molar-refractivity contribution in [2.45, 2.75) is 57.6 Å². The zero-order valence-electron chi connectivity index (χ0n) is 22.2. The van der Waals surface area contributed by atoms with Crippen molar-refractivity contribution in [2.75, 3.05) is 26.7 Å². The Bertz CT molecular complexity index is 1240. The van der Waals surface area contributed by atoms with Crippen molar-refractivity contribution in [2.24, 2.45) is 11.8 Å². The van der Waals surface area contributed by atoms with Crippen LogP contribution in [0.2, 0.25) is 0 Å². The van der Waals surface area contributed by atoms with Crippen molar-refractivity contribution in [1.82, 2.24) is 14.2 Å². The third-order valence-corrected chi connectivity index (χ3v) is 8.41. The summed E-state index contributed by atoms with van der Waals surface area (Å²) in [5, 5.41) is 9.81. The zero-order valence-corrected chi connectivity index (χ0v) is 23.0. The van der Waals surface area contributed by atoms with E-state index in [0.29, 0.717) is 11.5 Å². The number of rotatable bonds is 7. The summed E-state index contributed by atoms with van der Waals surface area (Å²) in [5.74, 6) is 6.52. The van der Waals surface area contributed by atoms with Crippen LogP contribution >= 0.6 is 0 Å². The summed E-state index contributed by atoms with van der Waals surface area (Å²) in [7, 11) is -2.21. The van der Waals surface area contributed by atoms with Gasteiger partial charge in [-0.05, 0) is 48.7 Å². The molecule has 9 heteroatoms. The van der Waals surface area contributed by atoms with Crippen LogP contribution in [-0.4, -0.2) is 72.5 Å². The molecule has 37 heavy (non-hydrogen) atoms. The maximum Gasteiger partial charge on any atom is 0.247 e. The maximum atomic E-state index is 13.6. The number of fused-ring (bicyclic) bond motifs is 1. The van der Waals surface area contributed by atoms with E-state index in [1.807, 2.05) is 6.92 Å². The molecule has 1 aliphatic rings. The van der Waals surface area contributed by atoms with Gasteiger partial charge in [0.15, 0.2) is 0 Å². The lowest BCUT2D eigenvalue weighted by molar-refractivity contribution is -0.130. The molecule has 8 nitrogen and oxygen atoms in total. The van der Waals surface area contributed by atoms with Crippen molar-refractivity contribution in [3.8, 4) is 17.6 Å². The van der Waals surface area contributed by atoms with E-state index in [2.05, 4.69) is 30.7 Å². The summed E-state index contributed by atoms with van der Waals surface area (Å²) in [6.07, 6.45) is 3.78. The molecule has 0 spiro atoms. The minimum absolute atomic E-state index is 0.0323. The van der Waals surface area contributed by atoms with Gasteiger partial charge in [-0.2, -0.15) is 4.31 Å². The van der Waals surface area contributed by atoms with Gasteiger partial charge in [-0.15, -0.1) is 0 Å². The Morgan fingerprint density at radius 2 is 1.95 bits per heavy atom. The monoisotopic (exact) mass is 527 g/mol. The number of nitrogens with zero attached hydrogens (tertiary/aromatic N) is 3. The predicted molar refractivity (Wildman–Crippen MR) is 142 cm³/mol. The molecule has 0 aliphatic carbocycles. The van der Waals surface area contributed by atoms with Crippen LogP contribution in [0.3, 0.4) is 0 Å². The van der Waals surface area contributed by atoms with Gasteiger partial charge in [0.05, 0.1) is 19.6 Å². The van der Waals surface area contributed by atoms with Crippen LogP contribution in [0.15, 0.2) is 47.6 Å². The second-order valence-electron chi connectivity index (χ2n) is 10.1. The molecule has 1 amide bonds. The largest absolute Gasteiger partial charge is 0.487 e. The molecule has 0 bridgehead atoms. The number of aliphatic hydroxyl groups excluding tert-OH is 1. The van der Waals surface area contributed by atoms with Crippen LogP contribution in [0.4, 0.5) is 0 Å². The zero-order chi connectivity index (χ0) is 27.2. The summed E-state index contributed by atoms with van der Waals surface area (Å²) >= 11 is 0. The van der Waals surface area contributed by atoms with E-state index in [0.717, 1.165) is 12.0 Å². The molecule has 2 aromatic rings. The summed E-state index contributed by atoms with van der Waals surface area (Å²) in [4.78, 5) is 18.6. The highest BCUT2D eigenvalue weighted by atomic mass is 32.2. The van der Waals surface area contributed by atoms with Crippen LogP contribution in [-0.2, 0) is 21.2 Å². The maximum absolute atomic E-state index is 13.6. The van der Waals surface area contributed by atoms with Crippen molar-refractivity contribution in [3.05, 3.63) is 53.9 Å². The average molecular weight is 528 g/mol. The second kappa shape index (κ2) is 12.5. The van der Waals surface area contributed by atoms with Crippen molar-refractivity contribution >= 4 is 15.9 Å². The fourth-order valence-electron chi connectivity index (χ4n) is 4.06. The summed E-state index contributed by atoms with van der Waals surface area (Å²) < 4.78 is 34.9. The number of hydrogen-bond donors (Lipinski definition) is 1. The summed E-state index contributed by atoms with van der Waals surface area (Å²) in [5.41, 5.74) is 1.52. The highest BCUT2D eigenvalue weighted by Gasteiger charge is 2.38. The van der Waals surface area contributed by atoms with Gasteiger partial charge in [-0.3, -0.25) is 9.78 Å². The van der Waals surface area contributed by atoms with Crippen LogP contribution < -0.4 is 4.74 Å². The number of hydrogen-bond acceptors (Lipinski definition) is 6. The van der Waals surface area contributed by atoms with Gasteiger partial charge in [0, 0.05) is 49.9 Å². The van der Waals surface area contributed by atoms with Gasteiger partial charge in [0.25, 0.3) is 0 Å². The summed E-state index contributed by atoms with van der Waals surface area (Å²) in [6.45, 7) is 7.86. The topological polar surface area (TPSA) is 100 Å². The Morgan fingerprint density at radius 1 is 1.24 bits per heavy atom. The molecular weight excluding hydrogens is 490 g/mol. The van der Waals surface area contributed by atoms with Crippen LogP contribution in [0, 0.1) is 23.7 Å². The van der Waals surface area contributed by atoms with E-state index in [1.54, 1.807) is 55.5 Å². The SMILES string of the molecule is CC(C)CC#Cc1ccc2c(c1)O[C@@H](CN(C)C(=O)Cc1ccncc1)[C@H](C)CN([C@H](C)CO)S2(=O)=O. The Balaban J connectivity index is 1.95. The Morgan fingerprint density at radius 3 is 2.59 bits per heavy atom. The first-order valence-electron chi connectivity index (χ1n) is 12.6. The number of aromatic nitrogens is 1. The third kappa shape index (κ3) is 7.31. The van der Waals surface area contributed by atoms with Crippen LogP contribution in [0.1, 0.15) is 45.2 Å². The number of sulfonamides is 1. The number of amides is 1. The van der Waals surface area contributed by atoms with E-state index >= 15 is 0 Å². The van der Waals surface area contributed by atoms with Crippen molar-refractivity contribution in [1.29, 1.82) is 0 Å². The van der Waals surface area contributed by atoms with Crippen LogP contribution in [0.5, 0.6) is 5.75 Å². The number of ether oxygens (including phenoxy) is 1.